The minimum Gasteiger partial charge on any atom is -0.352 e. The van der Waals surface area contributed by atoms with Gasteiger partial charge in [0.15, 0.2) is 0 Å². The van der Waals surface area contributed by atoms with Crippen LogP contribution in [0, 0.1) is 0 Å². The van der Waals surface area contributed by atoms with Gasteiger partial charge >= 0.3 is 6.03 Å². The second-order valence-electron chi connectivity index (χ2n) is 6.79. The SMILES string of the molecule is NC(=O)NC(CC(=O)N1CCN(Cc2ccccn2)CC1)c1ccc(Cl)cc1. The summed E-state index contributed by atoms with van der Waals surface area (Å²) in [5.41, 5.74) is 7.11. The van der Waals surface area contributed by atoms with Crippen LogP contribution in [0.2, 0.25) is 5.02 Å². The number of halogens is 1. The monoisotopic (exact) mass is 401 g/mol. The molecule has 0 radical (unpaired) electrons. The van der Waals surface area contributed by atoms with E-state index in [1.165, 1.54) is 0 Å². The van der Waals surface area contributed by atoms with Crippen molar-refractivity contribution in [3.63, 3.8) is 0 Å². The zero-order valence-electron chi connectivity index (χ0n) is 15.6. The molecule has 3 amide bonds. The summed E-state index contributed by atoms with van der Waals surface area (Å²) in [6.45, 7) is 3.65. The fourth-order valence-electron chi connectivity index (χ4n) is 3.30. The highest BCUT2D eigenvalue weighted by Gasteiger charge is 2.25. The number of urea groups is 1. The van der Waals surface area contributed by atoms with Gasteiger partial charge in [-0.2, -0.15) is 0 Å². The molecule has 1 atom stereocenters. The van der Waals surface area contributed by atoms with E-state index in [9.17, 15) is 9.59 Å². The number of amides is 3. The van der Waals surface area contributed by atoms with Crippen molar-refractivity contribution in [3.05, 3.63) is 64.9 Å². The second-order valence-corrected chi connectivity index (χ2v) is 7.23. The predicted molar refractivity (Wildman–Crippen MR) is 108 cm³/mol. The van der Waals surface area contributed by atoms with E-state index >= 15 is 0 Å². The zero-order chi connectivity index (χ0) is 19.9. The van der Waals surface area contributed by atoms with Crippen molar-refractivity contribution in [2.24, 2.45) is 5.73 Å². The van der Waals surface area contributed by atoms with Gasteiger partial charge in [0.1, 0.15) is 0 Å². The Hall–Kier alpha value is -2.64. The van der Waals surface area contributed by atoms with E-state index in [0.29, 0.717) is 18.1 Å². The summed E-state index contributed by atoms with van der Waals surface area (Å²) < 4.78 is 0. The van der Waals surface area contributed by atoms with Crippen LogP contribution >= 0.6 is 11.6 Å². The maximum Gasteiger partial charge on any atom is 0.312 e. The van der Waals surface area contributed by atoms with E-state index in [0.717, 1.165) is 30.9 Å². The number of piperazine rings is 1. The van der Waals surface area contributed by atoms with Crippen molar-refractivity contribution in [2.45, 2.75) is 19.0 Å². The lowest BCUT2D eigenvalue weighted by molar-refractivity contribution is -0.133. The largest absolute Gasteiger partial charge is 0.352 e. The van der Waals surface area contributed by atoms with Gasteiger partial charge < -0.3 is 16.0 Å². The van der Waals surface area contributed by atoms with Crippen LogP contribution in [-0.4, -0.2) is 52.9 Å². The number of rotatable bonds is 6. The topological polar surface area (TPSA) is 91.6 Å². The summed E-state index contributed by atoms with van der Waals surface area (Å²) >= 11 is 5.92. The van der Waals surface area contributed by atoms with Crippen LogP contribution in [0.3, 0.4) is 0 Å². The Labute approximate surface area is 169 Å². The number of pyridine rings is 1. The van der Waals surface area contributed by atoms with Gasteiger partial charge in [-0.3, -0.25) is 14.7 Å². The van der Waals surface area contributed by atoms with E-state index in [2.05, 4.69) is 15.2 Å². The molecule has 1 aliphatic heterocycles. The molecule has 0 saturated carbocycles. The zero-order valence-corrected chi connectivity index (χ0v) is 16.3. The summed E-state index contributed by atoms with van der Waals surface area (Å²) in [4.78, 5) is 32.6. The molecule has 3 rings (SSSR count). The first kappa shape index (κ1) is 20.1. The van der Waals surface area contributed by atoms with Crippen LogP contribution in [0.4, 0.5) is 4.79 Å². The molecule has 0 bridgehead atoms. The van der Waals surface area contributed by atoms with Gasteiger partial charge in [0.2, 0.25) is 5.91 Å². The molecule has 1 aliphatic rings. The lowest BCUT2D eigenvalue weighted by atomic mass is 10.0. The normalized spacial score (nSPS) is 15.8. The second kappa shape index (κ2) is 9.52. The van der Waals surface area contributed by atoms with Crippen LogP contribution in [0.5, 0.6) is 0 Å². The number of nitrogens with two attached hydrogens (primary N) is 1. The first-order valence-electron chi connectivity index (χ1n) is 9.23. The molecule has 1 fully saturated rings. The Morgan fingerprint density at radius 2 is 1.82 bits per heavy atom. The number of carbonyl (C=O) groups is 2. The molecule has 7 nitrogen and oxygen atoms in total. The first-order chi connectivity index (χ1) is 13.5. The Morgan fingerprint density at radius 1 is 1.11 bits per heavy atom. The van der Waals surface area contributed by atoms with Crippen LogP contribution < -0.4 is 11.1 Å². The molecule has 3 N–H and O–H groups in total. The molecular weight excluding hydrogens is 378 g/mol. The van der Waals surface area contributed by atoms with Crippen molar-refractivity contribution in [1.82, 2.24) is 20.1 Å². The van der Waals surface area contributed by atoms with Crippen molar-refractivity contribution in [1.29, 1.82) is 0 Å². The fourth-order valence-corrected chi connectivity index (χ4v) is 3.42. The number of nitrogens with zero attached hydrogens (tertiary/aromatic N) is 3. The van der Waals surface area contributed by atoms with Crippen molar-refractivity contribution >= 4 is 23.5 Å². The van der Waals surface area contributed by atoms with Gasteiger partial charge in [-0.1, -0.05) is 29.8 Å². The molecular formula is C20H24ClN5O2. The van der Waals surface area contributed by atoms with Gasteiger partial charge in [-0.25, -0.2) is 4.79 Å². The third-order valence-corrected chi connectivity index (χ3v) is 5.06. The summed E-state index contributed by atoms with van der Waals surface area (Å²) in [5, 5.41) is 3.25. The molecule has 8 heteroatoms. The standard InChI is InChI=1S/C20H24ClN5O2/c21-16-6-4-15(5-7-16)18(24-20(22)28)13-19(27)26-11-9-25(10-12-26)14-17-3-1-2-8-23-17/h1-8,18H,9-14H2,(H3,22,24,28). The van der Waals surface area contributed by atoms with Crippen molar-refractivity contribution in [2.75, 3.05) is 26.2 Å². The highest BCUT2D eigenvalue weighted by atomic mass is 35.5. The lowest BCUT2D eigenvalue weighted by Gasteiger charge is -2.35. The highest BCUT2D eigenvalue weighted by molar-refractivity contribution is 6.30. The molecule has 28 heavy (non-hydrogen) atoms. The van der Waals surface area contributed by atoms with Crippen LogP contribution in [-0.2, 0) is 11.3 Å². The Bertz CT molecular complexity index is 792. The van der Waals surface area contributed by atoms with E-state index < -0.39 is 12.1 Å². The van der Waals surface area contributed by atoms with Gasteiger partial charge in [-0.05, 0) is 29.8 Å². The minimum atomic E-state index is -0.659. The quantitative estimate of drug-likeness (QED) is 0.776. The average Bonchev–Trinajstić information content (AvgIpc) is 2.69. The van der Waals surface area contributed by atoms with Crippen molar-refractivity contribution < 1.29 is 9.59 Å². The maximum absolute atomic E-state index is 12.8. The van der Waals surface area contributed by atoms with Gasteiger partial charge in [-0.15, -0.1) is 0 Å². The molecule has 1 aromatic carbocycles. The number of primary amides is 1. The molecule has 148 valence electrons. The Balaban J connectivity index is 1.55. The molecule has 0 spiro atoms. The lowest BCUT2D eigenvalue weighted by Crippen LogP contribution is -2.49. The molecule has 1 aromatic heterocycles. The van der Waals surface area contributed by atoms with Gasteiger partial charge in [0, 0.05) is 43.9 Å². The van der Waals surface area contributed by atoms with Crippen LogP contribution in [0.15, 0.2) is 48.7 Å². The van der Waals surface area contributed by atoms with E-state index in [4.69, 9.17) is 17.3 Å². The van der Waals surface area contributed by atoms with Crippen LogP contribution in [0.25, 0.3) is 0 Å². The van der Waals surface area contributed by atoms with E-state index in [1.54, 1.807) is 30.5 Å². The van der Waals surface area contributed by atoms with Crippen molar-refractivity contribution in [3.8, 4) is 0 Å². The number of aromatic nitrogens is 1. The van der Waals surface area contributed by atoms with Gasteiger partial charge in [0.05, 0.1) is 18.2 Å². The molecule has 1 saturated heterocycles. The molecule has 0 aliphatic carbocycles. The summed E-state index contributed by atoms with van der Waals surface area (Å²) in [5.74, 6) is -0.00816. The number of nitrogens with one attached hydrogen (secondary N) is 1. The number of benzene rings is 1. The van der Waals surface area contributed by atoms with Crippen LogP contribution in [0.1, 0.15) is 23.7 Å². The number of hydrogen-bond acceptors (Lipinski definition) is 4. The predicted octanol–water partition coefficient (Wildman–Crippen LogP) is 2.18. The Morgan fingerprint density at radius 3 is 2.43 bits per heavy atom. The fraction of sp³-hybridized carbons (Fsp3) is 0.350. The number of carbonyl (C=O) groups excluding carboxylic acids is 2. The molecule has 2 heterocycles. The molecule has 1 unspecified atom stereocenters. The van der Waals surface area contributed by atoms with E-state index in [-0.39, 0.29) is 12.3 Å². The summed E-state index contributed by atoms with van der Waals surface area (Å²) in [7, 11) is 0. The summed E-state index contributed by atoms with van der Waals surface area (Å²) in [6.07, 6.45) is 1.95. The van der Waals surface area contributed by atoms with E-state index in [1.807, 2.05) is 23.1 Å². The summed E-state index contributed by atoms with van der Waals surface area (Å²) in [6, 6.07) is 11.8. The third kappa shape index (κ3) is 5.68. The minimum absolute atomic E-state index is 0.00816. The smallest absolute Gasteiger partial charge is 0.312 e. The Kier molecular flexibility index (Phi) is 6.84. The first-order valence-corrected chi connectivity index (χ1v) is 9.60. The average molecular weight is 402 g/mol. The maximum atomic E-state index is 12.8. The highest BCUT2D eigenvalue weighted by Crippen LogP contribution is 2.21. The molecule has 2 aromatic rings. The number of hydrogen-bond donors (Lipinski definition) is 2. The third-order valence-electron chi connectivity index (χ3n) is 4.80. The van der Waals surface area contributed by atoms with Gasteiger partial charge in [0.25, 0.3) is 0 Å².